The highest BCUT2D eigenvalue weighted by Crippen LogP contribution is 2.13. The van der Waals surface area contributed by atoms with Crippen LogP contribution in [-0.4, -0.2) is 59.5 Å². The van der Waals surface area contributed by atoms with E-state index < -0.39 is 0 Å². The van der Waals surface area contributed by atoms with Crippen LogP contribution in [0.3, 0.4) is 0 Å². The first-order valence-electron chi connectivity index (χ1n) is 9.30. The van der Waals surface area contributed by atoms with Gasteiger partial charge in [0, 0.05) is 45.0 Å². The van der Waals surface area contributed by atoms with Crippen LogP contribution in [0.1, 0.15) is 44.5 Å². The van der Waals surface area contributed by atoms with Crippen LogP contribution in [0.4, 0.5) is 0 Å². The van der Waals surface area contributed by atoms with E-state index >= 15 is 0 Å². The van der Waals surface area contributed by atoms with Gasteiger partial charge in [-0.1, -0.05) is 0 Å². The average Bonchev–Trinajstić information content (AvgIpc) is 2.89. The Morgan fingerprint density at radius 3 is 2.67 bits per heavy atom. The lowest BCUT2D eigenvalue weighted by Gasteiger charge is -2.34. The van der Waals surface area contributed by atoms with Crippen LogP contribution in [0.5, 0.6) is 0 Å². The number of guanidine groups is 1. The van der Waals surface area contributed by atoms with Crippen molar-refractivity contribution < 1.29 is 4.74 Å². The largest absolute Gasteiger partial charge is 0.378 e. The van der Waals surface area contributed by atoms with E-state index in [0.29, 0.717) is 6.10 Å². The summed E-state index contributed by atoms with van der Waals surface area (Å²) in [5.74, 6) is 1.04. The van der Waals surface area contributed by atoms with E-state index in [9.17, 15) is 0 Å². The lowest BCUT2D eigenvalue weighted by molar-refractivity contribution is 0.0264. The van der Waals surface area contributed by atoms with Crippen molar-refractivity contribution >= 4 is 5.96 Å². The molecule has 0 aliphatic carbocycles. The minimum Gasteiger partial charge on any atom is -0.378 e. The molecule has 1 fully saturated rings. The van der Waals surface area contributed by atoms with Crippen molar-refractivity contribution in [1.82, 2.24) is 20.0 Å². The molecule has 1 aliphatic rings. The van der Waals surface area contributed by atoms with Crippen LogP contribution in [0, 0.1) is 13.8 Å². The van der Waals surface area contributed by atoms with Gasteiger partial charge in [-0.3, -0.25) is 9.67 Å². The van der Waals surface area contributed by atoms with Gasteiger partial charge >= 0.3 is 0 Å². The molecule has 1 aromatic heterocycles. The monoisotopic (exact) mass is 335 g/mol. The van der Waals surface area contributed by atoms with E-state index in [1.165, 1.54) is 5.69 Å². The van der Waals surface area contributed by atoms with Crippen LogP contribution in [0.15, 0.2) is 11.1 Å². The second kappa shape index (κ2) is 9.67. The second-order valence-electron chi connectivity index (χ2n) is 6.38. The third-order valence-corrected chi connectivity index (χ3v) is 4.37. The van der Waals surface area contributed by atoms with Gasteiger partial charge < -0.3 is 15.0 Å². The summed E-state index contributed by atoms with van der Waals surface area (Å²) < 4.78 is 7.81. The Morgan fingerprint density at radius 1 is 1.33 bits per heavy atom. The summed E-state index contributed by atoms with van der Waals surface area (Å²) in [5, 5.41) is 7.93. The summed E-state index contributed by atoms with van der Waals surface area (Å²) >= 11 is 0. The molecule has 1 N–H and O–H groups in total. The summed E-state index contributed by atoms with van der Waals surface area (Å²) in [6, 6.07) is 2.12. The number of nitrogens with zero attached hydrogens (tertiary/aromatic N) is 4. The smallest absolute Gasteiger partial charge is 0.193 e. The van der Waals surface area contributed by atoms with Crippen LogP contribution in [-0.2, 0) is 11.3 Å². The van der Waals surface area contributed by atoms with Crippen LogP contribution < -0.4 is 5.32 Å². The van der Waals surface area contributed by atoms with Crippen molar-refractivity contribution in [3.63, 3.8) is 0 Å². The van der Waals surface area contributed by atoms with E-state index in [0.717, 1.165) is 70.2 Å². The highest BCUT2D eigenvalue weighted by Gasteiger charge is 2.21. The molecule has 136 valence electrons. The van der Waals surface area contributed by atoms with Crippen LogP contribution in [0.25, 0.3) is 0 Å². The quantitative estimate of drug-likeness (QED) is 0.472. The molecule has 0 bridgehead atoms. The molecular weight excluding hydrogens is 302 g/mol. The van der Waals surface area contributed by atoms with E-state index in [1.54, 1.807) is 0 Å². The lowest BCUT2D eigenvalue weighted by atomic mass is 10.1. The molecule has 0 amide bonds. The molecule has 0 aromatic carbocycles. The maximum absolute atomic E-state index is 5.73. The first-order valence-corrected chi connectivity index (χ1v) is 9.30. The number of ether oxygens (including phenoxy) is 1. The number of aromatic nitrogens is 2. The van der Waals surface area contributed by atoms with Crippen molar-refractivity contribution in [2.24, 2.45) is 4.99 Å². The fourth-order valence-corrected chi connectivity index (χ4v) is 3.20. The zero-order valence-corrected chi connectivity index (χ0v) is 15.7. The van der Waals surface area contributed by atoms with Crippen molar-refractivity contribution in [1.29, 1.82) is 0 Å². The topological polar surface area (TPSA) is 54.7 Å². The Bertz CT molecular complexity index is 517. The Morgan fingerprint density at radius 2 is 2.08 bits per heavy atom. The maximum Gasteiger partial charge on any atom is 0.193 e. The first-order chi connectivity index (χ1) is 11.6. The molecular formula is C18H33N5O. The summed E-state index contributed by atoms with van der Waals surface area (Å²) in [5.41, 5.74) is 2.31. The SMILES string of the molecule is CCNC(=NCCCn1nc(C)cc1C)N1CCC(OCC)CC1. The van der Waals surface area contributed by atoms with Gasteiger partial charge in [-0.05, 0) is 53.0 Å². The Hall–Kier alpha value is -1.56. The van der Waals surface area contributed by atoms with E-state index in [1.807, 2.05) is 6.92 Å². The number of aryl methyl sites for hydroxylation is 3. The zero-order chi connectivity index (χ0) is 17.4. The minimum absolute atomic E-state index is 0.417. The van der Waals surface area contributed by atoms with Crippen LogP contribution >= 0.6 is 0 Å². The van der Waals surface area contributed by atoms with Gasteiger partial charge in [0.15, 0.2) is 5.96 Å². The third-order valence-electron chi connectivity index (χ3n) is 4.37. The van der Waals surface area contributed by atoms with E-state index in [4.69, 9.17) is 9.73 Å². The van der Waals surface area contributed by atoms with Crippen molar-refractivity contribution in [3.8, 4) is 0 Å². The predicted molar refractivity (Wildman–Crippen MR) is 98.5 cm³/mol. The van der Waals surface area contributed by atoms with E-state index in [-0.39, 0.29) is 0 Å². The first kappa shape index (κ1) is 18.8. The number of hydrogen-bond donors (Lipinski definition) is 1. The van der Waals surface area contributed by atoms with Crippen molar-refractivity contribution in [3.05, 3.63) is 17.5 Å². The Labute approximate surface area is 146 Å². The molecule has 0 unspecified atom stereocenters. The summed E-state index contributed by atoms with van der Waals surface area (Å²) in [7, 11) is 0. The number of aliphatic imine (C=N–C) groups is 1. The predicted octanol–water partition coefficient (Wildman–Crippen LogP) is 2.36. The molecule has 2 heterocycles. The fraction of sp³-hybridized carbons (Fsp3) is 0.778. The molecule has 1 aliphatic heterocycles. The van der Waals surface area contributed by atoms with Gasteiger partial charge in [-0.15, -0.1) is 0 Å². The summed E-state index contributed by atoms with van der Waals surface area (Å²) in [6.45, 7) is 13.8. The molecule has 1 aromatic rings. The molecule has 6 nitrogen and oxygen atoms in total. The number of likely N-dealkylation sites (tertiary alicyclic amines) is 1. The standard InChI is InChI=1S/C18H33N5O/c1-5-19-18(22-12-8-17(9-13-22)24-6-2)20-10-7-11-23-16(4)14-15(3)21-23/h14,17H,5-13H2,1-4H3,(H,19,20). The Kier molecular flexibility index (Phi) is 7.56. The average molecular weight is 335 g/mol. The molecule has 0 spiro atoms. The second-order valence-corrected chi connectivity index (χ2v) is 6.38. The highest BCUT2D eigenvalue weighted by molar-refractivity contribution is 5.80. The molecule has 0 radical (unpaired) electrons. The lowest BCUT2D eigenvalue weighted by Crippen LogP contribution is -2.47. The summed E-state index contributed by atoms with van der Waals surface area (Å²) in [6.07, 6.45) is 3.60. The van der Waals surface area contributed by atoms with Gasteiger partial charge in [0.2, 0.25) is 0 Å². The Balaban J connectivity index is 1.81. The minimum atomic E-state index is 0.417. The molecule has 0 saturated carbocycles. The normalized spacial score (nSPS) is 16.7. The number of nitrogens with one attached hydrogen (secondary N) is 1. The molecule has 6 heteroatoms. The van der Waals surface area contributed by atoms with Gasteiger partial charge in [-0.25, -0.2) is 0 Å². The van der Waals surface area contributed by atoms with Crippen molar-refractivity contribution in [2.45, 2.75) is 59.6 Å². The van der Waals surface area contributed by atoms with Gasteiger partial charge in [0.1, 0.15) is 0 Å². The van der Waals surface area contributed by atoms with Crippen molar-refractivity contribution in [2.75, 3.05) is 32.8 Å². The molecule has 24 heavy (non-hydrogen) atoms. The van der Waals surface area contributed by atoms with Gasteiger partial charge in [-0.2, -0.15) is 5.10 Å². The molecule has 0 atom stereocenters. The number of piperidine rings is 1. The number of rotatable bonds is 7. The zero-order valence-electron chi connectivity index (χ0n) is 15.7. The van der Waals surface area contributed by atoms with Gasteiger partial charge in [0.05, 0.1) is 11.8 Å². The van der Waals surface area contributed by atoms with Gasteiger partial charge in [0.25, 0.3) is 0 Å². The molecule has 1 saturated heterocycles. The number of hydrogen-bond acceptors (Lipinski definition) is 3. The third kappa shape index (κ3) is 5.51. The fourth-order valence-electron chi connectivity index (χ4n) is 3.20. The highest BCUT2D eigenvalue weighted by atomic mass is 16.5. The molecule has 2 rings (SSSR count). The van der Waals surface area contributed by atoms with E-state index in [2.05, 4.69) is 46.8 Å². The van der Waals surface area contributed by atoms with Crippen LogP contribution in [0.2, 0.25) is 0 Å². The maximum atomic E-state index is 5.73. The summed E-state index contributed by atoms with van der Waals surface area (Å²) in [4.78, 5) is 7.17.